The smallest absolute Gasteiger partial charge is 0.191 e. The van der Waals surface area contributed by atoms with Crippen LogP contribution in [-0.4, -0.2) is 38.8 Å². The van der Waals surface area contributed by atoms with Gasteiger partial charge in [-0.2, -0.15) is 0 Å². The van der Waals surface area contributed by atoms with Crippen molar-refractivity contribution in [2.24, 2.45) is 4.99 Å². The molecule has 122 valence electrons. The molecule has 4 nitrogen and oxygen atoms in total. The van der Waals surface area contributed by atoms with Crippen LogP contribution >= 0.6 is 0 Å². The van der Waals surface area contributed by atoms with Crippen molar-refractivity contribution in [1.29, 1.82) is 0 Å². The Hall–Kier alpha value is -1.55. The lowest BCUT2D eigenvalue weighted by Crippen LogP contribution is -2.41. The van der Waals surface area contributed by atoms with E-state index in [1.54, 1.807) is 0 Å². The van der Waals surface area contributed by atoms with E-state index in [0.29, 0.717) is 0 Å². The molecule has 2 N–H and O–H groups in total. The van der Waals surface area contributed by atoms with Gasteiger partial charge in [-0.1, -0.05) is 24.3 Å². The molecule has 0 spiro atoms. The first-order chi connectivity index (χ1) is 10.7. The first-order valence-corrected chi connectivity index (χ1v) is 8.38. The number of hydrogen-bond donors (Lipinski definition) is 2. The highest BCUT2D eigenvalue weighted by atomic mass is 16.5. The van der Waals surface area contributed by atoms with Gasteiger partial charge in [0.05, 0.1) is 6.54 Å². The van der Waals surface area contributed by atoms with Gasteiger partial charge in [-0.3, -0.25) is 4.99 Å². The Balaban J connectivity index is 2.26. The van der Waals surface area contributed by atoms with E-state index >= 15 is 0 Å². The molecule has 1 saturated heterocycles. The molecule has 0 aliphatic carbocycles. The largest absolute Gasteiger partial charge is 0.381 e. The summed E-state index contributed by atoms with van der Waals surface area (Å²) in [4.78, 5) is 4.86. The van der Waals surface area contributed by atoms with E-state index in [9.17, 15) is 0 Å². The molecule has 0 radical (unpaired) electrons. The second-order valence-corrected chi connectivity index (χ2v) is 5.93. The number of benzene rings is 1. The quantitative estimate of drug-likeness (QED) is 0.649. The summed E-state index contributed by atoms with van der Waals surface area (Å²) in [5.74, 6) is 0.907. The highest BCUT2D eigenvalue weighted by Gasteiger charge is 2.35. The van der Waals surface area contributed by atoms with Crippen molar-refractivity contribution in [3.8, 4) is 0 Å². The van der Waals surface area contributed by atoms with Crippen molar-refractivity contribution in [1.82, 2.24) is 10.6 Å². The van der Waals surface area contributed by atoms with Gasteiger partial charge in [-0.25, -0.2) is 0 Å². The maximum absolute atomic E-state index is 5.61. The van der Waals surface area contributed by atoms with Gasteiger partial charge in [-0.05, 0) is 44.7 Å². The van der Waals surface area contributed by atoms with Crippen LogP contribution in [0.5, 0.6) is 0 Å². The molecule has 22 heavy (non-hydrogen) atoms. The molecule has 0 unspecified atom stereocenters. The average molecular weight is 303 g/mol. The van der Waals surface area contributed by atoms with E-state index in [0.717, 1.165) is 51.6 Å². The zero-order chi connectivity index (χ0) is 15.8. The zero-order valence-corrected chi connectivity index (χ0v) is 14.1. The monoisotopic (exact) mass is 303 g/mol. The van der Waals surface area contributed by atoms with E-state index in [2.05, 4.69) is 55.7 Å². The minimum absolute atomic E-state index is 0.0969. The average Bonchev–Trinajstić information content (AvgIpc) is 2.54. The fourth-order valence-electron chi connectivity index (χ4n) is 3.18. The summed E-state index contributed by atoms with van der Waals surface area (Å²) in [6.07, 6.45) is 2.07. The number of rotatable bonds is 5. The Bertz CT molecular complexity index is 485. The molecule has 1 aliphatic rings. The summed E-state index contributed by atoms with van der Waals surface area (Å²) >= 11 is 0. The van der Waals surface area contributed by atoms with Crippen molar-refractivity contribution in [3.63, 3.8) is 0 Å². The van der Waals surface area contributed by atoms with Gasteiger partial charge in [0, 0.05) is 31.7 Å². The number of aryl methyl sites for hydroxylation is 1. The van der Waals surface area contributed by atoms with Crippen LogP contribution in [0.4, 0.5) is 0 Å². The van der Waals surface area contributed by atoms with Crippen molar-refractivity contribution < 1.29 is 4.74 Å². The molecule has 0 bridgehead atoms. The summed E-state index contributed by atoms with van der Waals surface area (Å²) in [5, 5.41) is 6.63. The minimum atomic E-state index is 0.0969. The normalized spacial score (nSPS) is 16.9. The lowest BCUT2D eigenvalue weighted by atomic mass is 9.72. The van der Waals surface area contributed by atoms with Gasteiger partial charge in [0.25, 0.3) is 0 Å². The Morgan fingerprint density at radius 1 is 1.14 bits per heavy atom. The molecular formula is C18H29N3O. The highest BCUT2D eigenvalue weighted by Crippen LogP contribution is 2.36. The van der Waals surface area contributed by atoms with Crippen molar-refractivity contribution >= 4 is 5.96 Å². The van der Waals surface area contributed by atoms with Gasteiger partial charge in [0.15, 0.2) is 5.96 Å². The summed E-state index contributed by atoms with van der Waals surface area (Å²) in [7, 11) is 0. The first kappa shape index (κ1) is 16.8. The summed E-state index contributed by atoms with van der Waals surface area (Å²) in [6, 6.07) is 8.71. The van der Waals surface area contributed by atoms with Crippen LogP contribution < -0.4 is 10.6 Å². The third-order valence-electron chi connectivity index (χ3n) is 4.39. The van der Waals surface area contributed by atoms with Gasteiger partial charge >= 0.3 is 0 Å². The van der Waals surface area contributed by atoms with Gasteiger partial charge in [0.1, 0.15) is 0 Å². The lowest BCUT2D eigenvalue weighted by molar-refractivity contribution is 0.0529. The van der Waals surface area contributed by atoms with Crippen LogP contribution in [0, 0.1) is 6.92 Å². The van der Waals surface area contributed by atoms with Crippen LogP contribution in [0.15, 0.2) is 29.3 Å². The van der Waals surface area contributed by atoms with E-state index in [1.807, 2.05) is 0 Å². The van der Waals surface area contributed by atoms with E-state index in [1.165, 1.54) is 11.1 Å². The van der Waals surface area contributed by atoms with Crippen LogP contribution in [0.25, 0.3) is 0 Å². The molecular weight excluding hydrogens is 274 g/mol. The Morgan fingerprint density at radius 2 is 1.77 bits per heavy atom. The molecule has 0 aromatic heterocycles. The number of nitrogens with one attached hydrogen (secondary N) is 2. The highest BCUT2D eigenvalue weighted by molar-refractivity contribution is 5.79. The predicted octanol–water partition coefficient (Wildman–Crippen LogP) is 2.62. The van der Waals surface area contributed by atoms with Crippen LogP contribution in [0.2, 0.25) is 0 Å². The van der Waals surface area contributed by atoms with Crippen molar-refractivity contribution in [2.75, 3.05) is 32.8 Å². The van der Waals surface area contributed by atoms with Crippen molar-refractivity contribution in [3.05, 3.63) is 35.4 Å². The van der Waals surface area contributed by atoms with E-state index in [-0.39, 0.29) is 5.41 Å². The number of guanidine groups is 1. The maximum atomic E-state index is 5.61. The standard InChI is InChI=1S/C18H29N3O/c1-4-19-17(20-5-2)21-14-18(10-12-22-13-11-18)16-9-7-6-8-15(16)3/h6-9H,4-5,10-14H2,1-3H3,(H2,19,20,21). The maximum Gasteiger partial charge on any atom is 0.191 e. The van der Waals surface area contributed by atoms with Crippen LogP contribution in [0.3, 0.4) is 0 Å². The summed E-state index contributed by atoms with van der Waals surface area (Å²) in [6.45, 7) is 10.6. The lowest BCUT2D eigenvalue weighted by Gasteiger charge is -2.37. The van der Waals surface area contributed by atoms with Gasteiger partial charge in [-0.15, -0.1) is 0 Å². The number of nitrogens with zero attached hydrogens (tertiary/aromatic N) is 1. The minimum Gasteiger partial charge on any atom is -0.381 e. The number of ether oxygens (including phenoxy) is 1. The van der Waals surface area contributed by atoms with E-state index < -0.39 is 0 Å². The molecule has 1 aromatic rings. The number of hydrogen-bond acceptors (Lipinski definition) is 2. The SMILES string of the molecule is CCNC(=NCC1(c2ccccc2C)CCOCC1)NCC. The zero-order valence-electron chi connectivity index (χ0n) is 14.1. The summed E-state index contributed by atoms with van der Waals surface area (Å²) in [5.41, 5.74) is 2.88. The fourth-order valence-corrected chi connectivity index (χ4v) is 3.18. The van der Waals surface area contributed by atoms with Gasteiger partial charge in [0.2, 0.25) is 0 Å². The Labute approximate surface area is 134 Å². The molecule has 1 aliphatic heterocycles. The molecule has 1 fully saturated rings. The van der Waals surface area contributed by atoms with Crippen LogP contribution in [-0.2, 0) is 10.2 Å². The molecule has 0 amide bonds. The fraction of sp³-hybridized carbons (Fsp3) is 0.611. The molecule has 4 heteroatoms. The van der Waals surface area contributed by atoms with Gasteiger partial charge < -0.3 is 15.4 Å². The van der Waals surface area contributed by atoms with E-state index in [4.69, 9.17) is 9.73 Å². The second kappa shape index (κ2) is 8.18. The number of aliphatic imine (C=N–C) groups is 1. The second-order valence-electron chi connectivity index (χ2n) is 5.93. The Kier molecular flexibility index (Phi) is 6.25. The Morgan fingerprint density at radius 3 is 2.36 bits per heavy atom. The molecule has 1 aromatic carbocycles. The predicted molar refractivity (Wildman–Crippen MR) is 92.6 cm³/mol. The molecule has 0 atom stereocenters. The first-order valence-electron chi connectivity index (χ1n) is 8.38. The molecule has 1 heterocycles. The summed E-state index contributed by atoms with van der Waals surface area (Å²) < 4.78 is 5.61. The van der Waals surface area contributed by atoms with Crippen LogP contribution in [0.1, 0.15) is 37.8 Å². The molecule has 2 rings (SSSR count). The third kappa shape index (κ3) is 4.01. The topological polar surface area (TPSA) is 45.7 Å². The van der Waals surface area contributed by atoms with Crippen molar-refractivity contribution in [2.45, 2.75) is 39.0 Å². The third-order valence-corrected chi connectivity index (χ3v) is 4.39. The molecule has 0 saturated carbocycles.